The Morgan fingerprint density at radius 2 is 2.19 bits per heavy atom. The molecule has 0 bridgehead atoms. The predicted octanol–water partition coefficient (Wildman–Crippen LogP) is 0.441. The van der Waals surface area contributed by atoms with E-state index in [4.69, 9.17) is 15.2 Å². The highest BCUT2D eigenvalue weighted by molar-refractivity contribution is 5.40. The van der Waals surface area contributed by atoms with Crippen LogP contribution in [0.4, 0.5) is 11.8 Å². The van der Waals surface area contributed by atoms with Gasteiger partial charge in [-0.25, -0.2) is 4.98 Å². The van der Waals surface area contributed by atoms with Gasteiger partial charge < -0.3 is 20.5 Å². The third-order valence-corrected chi connectivity index (χ3v) is 2.07. The molecule has 1 atom stereocenters. The second-order valence-electron chi connectivity index (χ2n) is 3.45. The van der Waals surface area contributed by atoms with Crippen molar-refractivity contribution in [3.63, 3.8) is 0 Å². The molecule has 0 radical (unpaired) electrons. The number of anilines is 2. The highest BCUT2D eigenvalue weighted by Crippen LogP contribution is 2.07. The fraction of sp³-hybridized carbons (Fsp3) is 0.600. The van der Waals surface area contributed by atoms with Crippen molar-refractivity contribution in [2.75, 3.05) is 38.4 Å². The monoisotopic (exact) mass is 226 g/mol. The summed E-state index contributed by atoms with van der Waals surface area (Å²) in [4.78, 5) is 8.05. The molecule has 0 saturated carbocycles. The van der Waals surface area contributed by atoms with Crippen LogP contribution in [0.1, 0.15) is 5.69 Å². The Hall–Kier alpha value is -1.40. The van der Waals surface area contributed by atoms with Gasteiger partial charge in [0.2, 0.25) is 5.95 Å². The molecule has 1 heterocycles. The van der Waals surface area contributed by atoms with E-state index in [-0.39, 0.29) is 12.1 Å². The summed E-state index contributed by atoms with van der Waals surface area (Å²) in [5.41, 5.74) is 6.37. The number of aromatic nitrogens is 2. The minimum Gasteiger partial charge on any atom is -0.382 e. The number of hydrogen-bond acceptors (Lipinski definition) is 6. The fourth-order valence-corrected chi connectivity index (χ4v) is 1.30. The van der Waals surface area contributed by atoms with Crippen molar-refractivity contribution in [2.45, 2.75) is 13.0 Å². The SMILES string of the molecule is COCC(CNc1cc(C)nc(N)n1)OC. The number of nitrogens with two attached hydrogens (primary N) is 1. The maximum absolute atomic E-state index is 5.54. The van der Waals surface area contributed by atoms with Crippen molar-refractivity contribution in [2.24, 2.45) is 0 Å². The van der Waals surface area contributed by atoms with Gasteiger partial charge in [-0.2, -0.15) is 4.98 Å². The van der Waals surface area contributed by atoms with Crippen LogP contribution < -0.4 is 11.1 Å². The van der Waals surface area contributed by atoms with Crippen LogP contribution in [0.15, 0.2) is 6.07 Å². The zero-order valence-electron chi connectivity index (χ0n) is 9.86. The molecule has 1 aromatic heterocycles. The molecule has 1 aromatic rings. The van der Waals surface area contributed by atoms with E-state index in [1.165, 1.54) is 0 Å². The molecule has 90 valence electrons. The van der Waals surface area contributed by atoms with Crippen LogP contribution in [0.2, 0.25) is 0 Å². The second kappa shape index (κ2) is 6.24. The van der Waals surface area contributed by atoms with Crippen molar-refractivity contribution >= 4 is 11.8 Å². The lowest BCUT2D eigenvalue weighted by molar-refractivity contribution is 0.0365. The lowest BCUT2D eigenvalue weighted by Gasteiger charge is -2.15. The normalized spacial score (nSPS) is 12.4. The first-order valence-corrected chi connectivity index (χ1v) is 5.02. The number of ether oxygens (including phenoxy) is 2. The molecule has 1 rings (SSSR count). The summed E-state index contributed by atoms with van der Waals surface area (Å²) in [6.45, 7) is 3.01. The van der Waals surface area contributed by atoms with Gasteiger partial charge in [0.05, 0.1) is 12.7 Å². The number of nitrogens with zero attached hydrogens (tertiary/aromatic N) is 2. The average Bonchev–Trinajstić information content (AvgIpc) is 2.23. The Morgan fingerprint density at radius 1 is 1.44 bits per heavy atom. The zero-order chi connectivity index (χ0) is 12.0. The molecule has 0 saturated heterocycles. The Balaban J connectivity index is 2.52. The topological polar surface area (TPSA) is 82.3 Å². The van der Waals surface area contributed by atoms with Crippen molar-refractivity contribution in [3.8, 4) is 0 Å². The lowest BCUT2D eigenvalue weighted by atomic mass is 10.3. The van der Waals surface area contributed by atoms with Gasteiger partial charge in [0.1, 0.15) is 5.82 Å². The number of nitrogens with one attached hydrogen (secondary N) is 1. The summed E-state index contributed by atoms with van der Waals surface area (Å²) < 4.78 is 10.2. The molecule has 1 unspecified atom stereocenters. The van der Waals surface area contributed by atoms with Gasteiger partial charge in [-0.3, -0.25) is 0 Å². The zero-order valence-corrected chi connectivity index (χ0v) is 9.86. The van der Waals surface area contributed by atoms with Crippen molar-refractivity contribution < 1.29 is 9.47 Å². The summed E-state index contributed by atoms with van der Waals surface area (Å²) in [6.07, 6.45) is -0.0125. The molecule has 0 amide bonds. The predicted molar refractivity (Wildman–Crippen MR) is 62.3 cm³/mol. The first kappa shape index (κ1) is 12.7. The van der Waals surface area contributed by atoms with E-state index in [0.717, 1.165) is 5.69 Å². The van der Waals surface area contributed by atoms with Crippen molar-refractivity contribution in [3.05, 3.63) is 11.8 Å². The number of hydrogen-bond donors (Lipinski definition) is 2. The summed E-state index contributed by atoms with van der Waals surface area (Å²) >= 11 is 0. The number of methoxy groups -OCH3 is 2. The molecule has 6 heteroatoms. The van der Waals surface area contributed by atoms with Crippen LogP contribution in [0.25, 0.3) is 0 Å². The summed E-state index contributed by atoms with van der Waals surface area (Å²) in [6, 6.07) is 1.83. The van der Waals surface area contributed by atoms with E-state index in [2.05, 4.69) is 15.3 Å². The second-order valence-corrected chi connectivity index (χ2v) is 3.45. The molecule has 6 nitrogen and oxygen atoms in total. The van der Waals surface area contributed by atoms with Crippen LogP contribution in [-0.4, -0.2) is 43.4 Å². The molecule has 0 aliphatic heterocycles. The Labute approximate surface area is 95.2 Å². The molecular weight excluding hydrogens is 208 g/mol. The van der Waals surface area contributed by atoms with Crippen molar-refractivity contribution in [1.82, 2.24) is 9.97 Å². The largest absolute Gasteiger partial charge is 0.382 e. The highest BCUT2D eigenvalue weighted by atomic mass is 16.5. The molecule has 16 heavy (non-hydrogen) atoms. The molecule has 0 spiro atoms. The quantitative estimate of drug-likeness (QED) is 0.732. The Morgan fingerprint density at radius 3 is 2.75 bits per heavy atom. The third-order valence-electron chi connectivity index (χ3n) is 2.07. The van der Waals surface area contributed by atoms with Gasteiger partial charge in [0.25, 0.3) is 0 Å². The summed E-state index contributed by atoms with van der Waals surface area (Å²) in [7, 11) is 3.28. The van der Waals surface area contributed by atoms with E-state index in [1.807, 2.05) is 13.0 Å². The Kier molecular flexibility index (Phi) is 4.94. The van der Waals surface area contributed by atoms with Gasteiger partial charge in [-0.15, -0.1) is 0 Å². The van der Waals surface area contributed by atoms with Gasteiger partial charge in [0.15, 0.2) is 0 Å². The van der Waals surface area contributed by atoms with Gasteiger partial charge >= 0.3 is 0 Å². The fourth-order valence-electron chi connectivity index (χ4n) is 1.30. The average molecular weight is 226 g/mol. The molecule has 0 fully saturated rings. The first-order valence-electron chi connectivity index (χ1n) is 5.02. The molecule has 0 aliphatic carbocycles. The van der Waals surface area contributed by atoms with E-state index in [1.54, 1.807) is 14.2 Å². The van der Waals surface area contributed by atoms with Gasteiger partial charge in [-0.1, -0.05) is 0 Å². The van der Waals surface area contributed by atoms with E-state index in [0.29, 0.717) is 19.0 Å². The molecule has 3 N–H and O–H groups in total. The third kappa shape index (κ3) is 4.00. The maximum Gasteiger partial charge on any atom is 0.222 e. The van der Waals surface area contributed by atoms with Crippen molar-refractivity contribution in [1.29, 1.82) is 0 Å². The molecule has 0 aliphatic rings. The van der Waals surface area contributed by atoms with E-state index < -0.39 is 0 Å². The summed E-state index contributed by atoms with van der Waals surface area (Å²) in [5, 5.41) is 3.13. The highest BCUT2D eigenvalue weighted by Gasteiger charge is 2.07. The number of rotatable bonds is 6. The standard InChI is InChI=1S/C10H18N4O2/c1-7-4-9(14-10(11)13-7)12-5-8(16-3)6-15-2/h4,8H,5-6H2,1-3H3,(H3,11,12,13,14). The Bertz CT molecular complexity index is 312. The smallest absolute Gasteiger partial charge is 0.222 e. The van der Waals surface area contributed by atoms with Gasteiger partial charge in [-0.05, 0) is 6.92 Å². The number of nitrogen functional groups attached to an aromatic ring is 1. The van der Waals surface area contributed by atoms with E-state index in [9.17, 15) is 0 Å². The van der Waals surface area contributed by atoms with E-state index >= 15 is 0 Å². The lowest BCUT2D eigenvalue weighted by Crippen LogP contribution is -2.27. The minimum atomic E-state index is -0.0125. The minimum absolute atomic E-state index is 0.0125. The molecule has 0 aromatic carbocycles. The van der Waals surface area contributed by atoms with Crippen LogP contribution in [-0.2, 0) is 9.47 Å². The molecular formula is C10H18N4O2. The van der Waals surface area contributed by atoms with Gasteiger partial charge in [0, 0.05) is 32.5 Å². The van der Waals surface area contributed by atoms with Crippen LogP contribution in [0.3, 0.4) is 0 Å². The van der Waals surface area contributed by atoms with Crippen LogP contribution in [0, 0.1) is 6.92 Å². The summed E-state index contributed by atoms with van der Waals surface area (Å²) in [5.74, 6) is 0.964. The van der Waals surface area contributed by atoms with Crippen LogP contribution in [0.5, 0.6) is 0 Å². The first-order chi connectivity index (χ1) is 7.65. The number of aryl methyl sites for hydroxylation is 1. The van der Waals surface area contributed by atoms with Crippen LogP contribution >= 0.6 is 0 Å². The maximum atomic E-state index is 5.54.